The monoisotopic (exact) mass is 337 g/mol. The van der Waals surface area contributed by atoms with E-state index < -0.39 is 0 Å². The number of benzene rings is 1. The van der Waals surface area contributed by atoms with Gasteiger partial charge in [-0.25, -0.2) is 15.0 Å². The quantitative estimate of drug-likeness (QED) is 0.734. The van der Waals surface area contributed by atoms with Crippen LogP contribution in [0.4, 0.5) is 10.9 Å². The van der Waals surface area contributed by atoms with Crippen molar-refractivity contribution in [2.45, 2.75) is 6.92 Å². The van der Waals surface area contributed by atoms with E-state index in [0.29, 0.717) is 0 Å². The molecular formula is C18H19N5S. The van der Waals surface area contributed by atoms with Crippen LogP contribution in [0.1, 0.15) is 5.82 Å². The van der Waals surface area contributed by atoms with Gasteiger partial charge in [0, 0.05) is 43.3 Å². The van der Waals surface area contributed by atoms with Gasteiger partial charge in [0.05, 0.1) is 5.69 Å². The second kappa shape index (κ2) is 6.57. The summed E-state index contributed by atoms with van der Waals surface area (Å²) in [4.78, 5) is 18.2. The Bertz CT molecular complexity index is 809. The number of hydrogen-bond acceptors (Lipinski definition) is 6. The minimum atomic E-state index is 0.822. The minimum Gasteiger partial charge on any atom is -0.353 e. The topological polar surface area (TPSA) is 45.2 Å². The van der Waals surface area contributed by atoms with E-state index in [1.807, 2.05) is 25.3 Å². The lowest BCUT2D eigenvalue weighted by Crippen LogP contribution is -2.46. The molecule has 5 nitrogen and oxygen atoms in total. The molecule has 24 heavy (non-hydrogen) atoms. The third kappa shape index (κ3) is 3.10. The number of piperazine rings is 1. The van der Waals surface area contributed by atoms with Crippen molar-refractivity contribution in [3.8, 4) is 11.3 Å². The number of aryl methyl sites for hydroxylation is 1. The summed E-state index contributed by atoms with van der Waals surface area (Å²) in [7, 11) is 0. The minimum absolute atomic E-state index is 0.822. The Hall–Kier alpha value is -2.47. The molecular weight excluding hydrogens is 318 g/mol. The summed E-state index contributed by atoms with van der Waals surface area (Å²) in [6.07, 6.45) is 1.83. The normalized spacial score (nSPS) is 14.9. The van der Waals surface area contributed by atoms with Gasteiger partial charge in [-0.15, -0.1) is 11.3 Å². The molecule has 0 saturated carbocycles. The number of aromatic nitrogens is 3. The van der Waals surface area contributed by atoms with Crippen LogP contribution < -0.4 is 9.80 Å². The number of thiazole rings is 1. The standard InChI is InChI=1S/C18H19N5S/c1-14-19-8-7-17(20-14)22-9-11-23(12-10-22)18-21-16(13-24-18)15-5-3-2-4-6-15/h2-8,13H,9-12H2,1H3. The van der Waals surface area contributed by atoms with Crippen molar-refractivity contribution in [1.82, 2.24) is 15.0 Å². The lowest BCUT2D eigenvalue weighted by atomic mass is 10.2. The Morgan fingerprint density at radius 1 is 0.917 bits per heavy atom. The lowest BCUT2D eigenvalue weighted by molar-refractivity contribution is 0.644. The van der Waals surface area contributed by atoms with Gasteiger partial charge in [0.1, 0.15) is 11.6 Å². The highest BCUT2D eigenvalue weighted by atomic mass is 32.1. The van der Waals surface area contributed by atoms with Crippen LogP contribution in [0.3, 0.4) is 0 Å². The summed E-state index contributed by atoms with van der Waals surface area (Å²) in [6.45, 7) is 5.77. The molecule has 0 aliphatic carbocycles. The zero-order chi connectivity index (χ0) is 16.4. The predicted molar refractivity (Wildman–Crippen MR) is 98.7 cm³/mol. The number of rotatable bonds is 3. The Kier molecular flexibility index (Phi) is 4.13. The Morgan fingerprint density at radius 3 is 2.42 bits per heavy atom. The summed E-state index contributed by atoms with van der Waals surface area (Å²) in [6, 6.07) is 12.3. The third-order valence-electron chi connectivity index (χ3n) is 4.20. The molecule has 122 valence electrons. The Labute approximate surface area is 145 Å². The molecule has 2 aromatic heterocycles. The molecule has 1 aliphatic heterocycles. The van der Waals surface area contributed by atoms with Gasteiger partial charge < -0.3 is 9.80 Å². The maximum absolute atomic E-state index is 4.82. The lowest BCUT2D eigenvalue weighted by Gasteiger charge is -2.35. The third-order valence-corrected chi connectivity index (χ3v) is 5.10. The molecule has 3 heterocycles. The first-order valence-corrected chi connectivity index (χ1v) is 8.98. The average molecular weight is 337 g/mol. The Balaban J connectivity index is 1.44. The van der Waals surface area contributed by atoms with Gasteiger partial charge in [-0.2, -0.15) is 0 Å². The summed E-state index contributed by atoms with van der Waals surface area (Å²) < 4.78 is 0. The van der Waals surface area contributed by atoms with Crippen LogP contribution in [-0.2, 0) is 0 Å². The largest absolute Gasteiger partial charge is 0.353 e. The van der Waals surface area contributed by atoms with Crippen LogP contribution in [0.2, 0.25) is 0 Å². The van der Waals surface area contributed by atoms with Crippen LogP contribution in [0.25, 0.3) is 11.3 Å². The van der Waals surface area contributed by atoms with E-state index in [9.17, 15) is 0 Å². The fourth-order valence-electron chi connectivity index (χ4n) is 2.90. The molecule has 0 N–H and O–H groups in total. The highest BCUT2D eigenvalue weighted by Gasteiger charge is 2.20. The molecule has 0 bridgehead atoms. The second-order valence-corrected chi connectivity index (χ2v) is 6.65. The van der Waals surface area contributed by atoms with Crippen molar-refractivity contribution in [3.63, 3.8) is 0 Å². The van der Waals surface area contributed by atoms with Crippen LogP contribution in [0.5, 0.6) is 0 Å². The van der Waals surface area contributed by atoms with Crippen molar-refractivity contribution < 1.29 is 0 Å². The molecule has 3 aromatic rings. The van der Waals surface area contributed by atoms with Gasteiger partial charge in [-0.1, -0.05) is 30.3 Å². The van der Waals surface area contributed by atoms with Crippen molar-refractivity contribution in [1.29, 1.82) is 0 Å². The second-order valence-electron chi connectivity index (χ2n) is 5.82. The number of nitrogens with zero attached hydrogens (tertiary/aromatic N) is 5. The summed E-state index contributed by atoms with van der Waals surface area (Å²) in [5, 5.41) is 3.25. The smallest absolute Gasteiger partial charge is 0.185 e. The molecule has 0 amide bonds. The van der Waals surface area contributed by atoms with Gasteiger partial charge in [-0.05, 0) is 13.0 Å². The highest BCUT2D eigenvalue weighted by Crippen LogP contribution is 2.28. The molecule has 0 atom stereocenters. The van der Waals surface area contributed by atoms with E-state index in [2.05, 4.69) is 49.4 Å². The average Bonchev–Trinajstić information content (AvgIpc) is 3.13. The SMILES string of the molecule is Cc1nccc(N2CCN(c3nc(-c4ccccc4)cs3)CC2)n1. The highest BCUT2D eigenvalue weighted by molar-refractivity contribution is 7.14. The number of anilines is 2. The van der Waals surface area contributed by atoms with E-state index >= 15 is 0 Å². The molecule has 1 saturated heterocycles. The van der Waals surface area contributed by atoms with Crippen molar-refractivity contribution >= 4 is 22.3 Å². The van der Waals surface area contributed by atoms with Crippen LogP contribution in [0.15, 0.2) is 48.0 Å². The van der Waals surface area contributed by atoms with Crippen LogP contribution >= 0.6 is 11.3 Å². The van der Waals surface area contributed by atoms with Crippen LogP contribution in [0, 0.1) is 6.92 Å². The van der Waals surface area contributed by atoms with Crippen molar-refractivity contribution in [3.05, 3.63) is 53.8 Å². The fraction of sp³-hybridized carbons (Fsp3) is 0.278. The number of hydrogen-bond donors (Lipinski definition) is 0. The molecule has 0 spiro atoms. The van der Waals surface area contributed by atoms with Crippen molar-refractivity contribution in [2.24, 2.45) is 0 Å². The van der Waals surface area contributed by atoms with Gasteiger partial charge in [-0.3, -0.25) is 0 Å². The first-order chi connectivity index (χ1) is 11.8. The summed E-state index contributed by atoms with van der Waals surface area (Å²) >= 11 is 1.72. The molecule has 1 aromatic carbocycles. The molecule has 1 aliphatic rings. The molecule has 6 heteroatoms. The van der Waals surface area contributed by atoms with Gasteiger partial charge >= 0.3 is 0 Å². The van der Waals surface area contributed by atoms with E-state index in [-0.39, 0.29) is 0 Å². The maximum atomic E-state index is 4.82. The predicted octanol–water partition coefficient (Wildman–Crippen LogP) is 3.24. The zero-order valence-electron chi connectivity index (χ0n) is 13.6. The molecule has 0 radical (unpaired) electrons. The van der Waals surface area contributed by atoms with Crippen LogP contribution in [-0.4, -0.2) is 41.1 Å². The summed E-state index contributed by atoms with van der Waals surface area (Å²) in [5.41, 5.74) is 2.24. The van der Waals surface area contributed by atoms with Gasteiger partial charge in [0.25, 0.3) is 0 Å². The molecule has 4 rings (SSSR count). The first kappa shape index (κ1) is 15.1. The zero-order valence-corrected chi connectivity index (χ0v) is 14.4. The maximum Gasteiger partial charge on any atom is 0.185 e. The van der Waals surface area contributed by atoms with Crippen molar-refractivity contribution in [2.75, 3.05) is 36.0 Å². The van der Waals surface area contributed by atoms with E-state index in [0.717, 1.165) is 48.6 Å². The molecule has 0 unspecified atom stereocenters. The Morgan fingerprint density at radius 2 is 1.67 bits per heavy atom. The molecule has 1 fully saturated rings. The fourth-order valence-corrected chi connectivity index (χ4v) is 3.79. The van der Waals surface area contributed by atoms with E-state index in [4.69, 9.17) is 4.98 Å². The summed E-state index contributed by atoms with van der Waals surface area (Å²) in [5.74, 6) is 1.84. The van der Waals surface area contributed by atoms with Gasteiger partial charge in [0.15, 0.2) is 5.13 Å². The van der Waals surface area contributed by atoms with E-state index in [1.165, 1.54) is 5.56 Å². The first-order valence-electron chi connectivity index (χ1n) is 8.10. The van der Waals surface area contributed by atoms with E-state index in [1.54, 1.807) is 11.3 Å². The van der Waals surface area contributed by atoms with Gasteiger partial charge in [0.2, 0.25) is 0 Å².